The Morgan fingerprint density at radius 2 is 1.12 bits per heavy atom. The van der Waals surface area contributed by atoms with E-state index in [4.69, 9.17) is 0 Å². The second-order valence-electron chi connectivity index (χ2n) is 2.93. The van der Waals surface area contributed by atoms with Gasteiger partial charge in [0.2, 0.25) is 0 Å². The Balaban J connectivity index is -0.000000218. The Labute approximate surface area is 98.4 Å². The fourth-order valence-electron chi connectivity index (χ4n) is 0.558. The van der Waals surface area contributed by atoms with E-state index in [1.165, 1.54) is 14.2 Å². The molecular formula is C12H22O4. The maximum Gasteiger partial charge on any atom is 0.333 e. The van der Waals surface area contributed by atoms with Crippen molar-refractivity contribution in [1.29, 1.82) is 0 Å². The van der Waals surface area contributed by atoms with Crippen LogP contribution in [-0.2, 0) is 19.1 Å². The molecule has 0 N–H and O–H groups in total. The van der Waals surface area contributed by atoms with E-state index >= 15 is 0 Å². The zero-order chi connectivity index (χ0) is 13.1. The van der Waals surface area contributed by atoms with Crippen molar-refractivity contribution in [3.8, 4) is 0 Å². The number of carbonyl (C=O) groups excluding carboxylic acids is 2. The predicted octanol–water partition coefficient (Wildman–Crippen LogP) is 2.50. The third kappa shape index (κ3) is 7.79. The van der Waals surface area contributed by atoms with E-state index in [-0.39, 0.29) is 13.4 Å². The van der Waals surface area contributed by atoms with Crippen LogP contribution < -0.4 is 0 Å². The first kappa shape index (κ1) is 16.8. The normalized spacial score (nSPS) is 11.1. The highest BCUT2D eigenvalue weighted by molar-refractivity contribution is 5.87. The Kier molecular flexibility index (Phi) is 10.5. The molecule has 4 nitrogen and oxygen atoms in total. The van der Waals surface area contributed by atoms with Gasteiger partial charge >= 0.3 is 11.9 Å². The third-order valence-electron chi connectivity index (χ3n) is 1.88. The van der Waals surface area contributed by atoms with Crippen LogP contribution in [0.25, 0.3) is 0 Å². The van der Waals surface area contributed by atoms with Gasteiger partial charge in [-0.3, -0.25) is 0 Å². The van der Waals surface area contributed by atoms with Crippen molar-refractivity contribution < 1.29 is 20.5 Å². The van der Waals surface area contributed by atoms with E-state index < -0.39 is 0 Å². The third-order valence-corrected chi connectivity index (χ3v) is 1.88. The summed E-state index contributed by atoms with van der Waals surface area (Å²) in [5, 5.41) is 0. The zero-order valence-corrected chi connectivity index (χ0v) is 10.8. The summed E-state index contributed by atoms with van der Waals surface area (Å²) in [6, 6.07) is 0. The molecule has 0 bridgehead atoms. The molecule has 0 fully saturated rings. The Morgan fingerprint density at radius 1 is 0.875 bits per heavy atom. The van der Waals surface area contributed by atoms with Crippen molar-refractivity contribution >= 4 is 11.9 Å². The van der Waals surface area contributed by atoms with Gasteiger partial charge in [-0.05, 0) is 27.7 Å². The van der Waals surface area contributed by atoms with Crippen LogP contribution in [0, 0.1) is 0 Å². The fraction of sp³-hybridized carbons (Fsp3) is 0.500. The van der Waals surface area contributed by atoms with Gasteiger partial charge in [0.25, 0.3) is 0 Å². The first-order valence-electron chi connectivity index (χ1n) is 4.87. The van der Waals surface area contributed by atoms with Crippen LogP contribution in [0.5, 0.6) is 0 Å². The monoisotopic (exact) mass is 230 g/mol. The molecule has 0 radical (unpaired) electrons. The average molecular weight is 230 g/mol. The molecule has 0 aliphatic heterocycles. The highest BCUT2D eigenvalue weighted by Gasteiger charge is 1.98. The molecule has 0 saturated heterocycles. The van der Waals surface area contributed by atoms with Crippen molar-refractivity contribution in [3.63, 3.8) is 0 Å². The Bertz CT molecular complexity index is 263. The van der Waals surface area contributed by atoms with Gasteiger partial charge in [-0.1, -0.05) is 12.2 Å². The topological polar surface area (TPSA) is 52.6 Å². The summed E-state index contributed by atoms with van der Waals surface area (Å²) in [6.07, 6.45) is 3.43. The van der Waals surface area contributed by atoms with Gasteiger partial charge in [0.05, 0.1) is 14.2 Å². The van der Waals surface area contributed by atoms with Crippen molar-refractivity contribution in [2.75, 3.05) is 14.2 Å². The van der Waals surface area contributed by atoms with Gasteiger partial charge in [-0.25, -0.2) is 9.59 Å². The first-order valence-corrected chi connectivity index (χ1v) is 4.87. The maximum absolute atomic E-state index is 10.5. The van der Waals surface area contributed by atoms with Crippen LogP contribution in [0.2, 0.25) is 0 Å². The Hall–Kier alpha value is -1.58. The largest absolute Gasteiger partial charge is 0.466 e. The summed E-state index contributed by atoms with van der Waals surface area (Å²) in [4.78, 5) is 20.9. The highest BCUT2D eigenvalue weighted by atomic mass is 16.5. The Morgan fingerprint density at radius 3 is 1.19 bits per heavy atom. The number of methoxy groups -OCH3 is 2. The molecule has 16 heavy (non-hydrogen) atoms. The minimum atomic E-state index is -0.257. The van der Waals surface area contributed by atoms with Gasteiger partial charge in [-0.2, -0.15) is 0 Å². The molecule has 0 spiro atoms. The summed E-state index contributed by atoms with van der Waals surface area (Å²) >= 11 is 0. The summed E-state index contributed by atoms with van der Waals surface area (Å²) < 4.78 is 8.79. The molecule has 0 rings (SSSR count). The molecule has 0 aromatic heterocycles. The number of ether oxygens (including phenoxy) is 2. The quantitative estimate of drug-likeness (QED) is 0.540. The van der Waals surface area contributed by atoms with Crippen LogP contribution >= 0.6 is 0 Å². The minimum Gasteiger partial charge on any atom is -0.466 e. The van der Waals surface area contributed by atoms with Gasteiger partial charge < -0.3 is 9.47 Å². The molecule has 0 atom stereocenters. The lowest BCUT2D eigenvalue weighted by molar-refractivity contribution is -0.136. The molecule has 94 valence electrons. The van der Waals surface area contributed by atoms with Crippen molar-refractivity contribution in [2.45, 2.75) is 27.7 Å². The second-order valence-corrected chi connectivity index (χ2v) is 2.93. The van der Waals surface area contributed by atoms with Crippen LogP contribution in [0.1, 0.15) is 29.1 Å². The van der Waals surface area contributed by atoms with E-state index in [1.54, 1.807) is 39.8 Å². The predicted molar refractivity (Wildman–Crippen MR) is 65.0 cm³/mol. The molecule has 0 aliphatic carbocycles. The van der Waals surface area contributed by atoms with E-state index in [0.29, 0.717) is 11.1 Å². The number of carbonyl (C=O) groups is 2. The van der Waals surface area contributed by atoms with Gasteiger partial charge in [0, 0.05) is 12.6 Å². The lowest BCUT2D eigenvalue weighted by Gasteiger charge is -1.93. The molecule has 0 saturated carbocycles. The standard InChI is InChI=1S/2C6H10O2.H2/c2*1-4-5(2)6(7)8-3;/h2*4H,1-3H3;1H/b2*5-4+;. The molecule has 0 amide bonds. The number of hydrogen-bond acceptors (Lipinski definition) is 4. The van der Waals surface area contributed by atoms with Crippen molar-refractivity contribution in [2.24, 2.45) is 0 Å². The number of rotatable bonds is 2. The lowest BCUT2D eigenvalue weighted by atomic mass is 10.3. The van der Waals surface area contributed by atoms with E-state index in [2.05, 4.69) is 9.47 Å². The van der Waals surface area contributed by atoms with E-state index in [1.807, 2.05) is 0 Å². The van der Waals surface area contributed by atoms with Crippen LogP contribution in [0.3, 0.4) is 0 Å². The van der Waals surface area contributed by atoms with Gasteiger partial charge in [0.15, 0.2) is 0 Å². The van der Waals surface area contributed by atoms with Crippen LogP contribution in [0.15, 0.2) is 23.3 Å². The smallest absolute Gasteiger partial charge is 0.333 e. The van der Waals surface area contributed by atoms with Crippen molar-refractivity contribution in [3.05, 3.63) is 23.3 Å². The SMILES string of the molecule is C/C=C(\C)C(=O)OC.C/C=C(\C)C(=O)OC.[HH]. The molecule has 0 aromatic carbocycles. The first-order chi connectivity index (χ1) is 7.44. The summed E-state index contributed by atoms with van der Waals surface area (Å²) in [5.74, 6) is -0.514. The lowest BCUT2D eigenvalue weighted by Crippen LogP contribution is -2.00. The summed E-state index contributed by atoms with van der Waals surface area (Å²) in [5.41, 5.74) is 1.29. The number of hydrogen-bond donors (Lipinski definition) is 0. The van der Waals surface area contributed by atoms with Gasteiger partial charge in [0.1, 0.15) is 0 Å². The minimum absolute atomic E-state index is 0. The maximum atomic E-state index is 10.5. The van der Waals surface area contributed by atoms with Crippen LogP contribution in [-0.4, -0.2) is 26.2 Å². The fourth-order valence-corrected chi connectivity index (χ4v) is 0.558. The summed E-state index contributed by atoms with van der Waals surface area (Å²) in [7, 11) is 2.74. The molecular weight excluding hydrogens is 208 g/mol. The molecule has 0 heterocycles. The van der Waals surface area contributed by atoms with Gasteiger partial charge in [-0.15, -0.1) is 0 Å². The molecule has 0 unspecified atom stereocenters. The second kappa shape index (κ2) is 9.96. The van der Waals surface area contributed by atoms with Crippen LogP contribution in [0.4, 0.5) is 0 Å². The molecule has 4 heteroatoms. The molecule has 0 aliphatic rings. The number of allylic oxidation sites excluding steroid dienone is 2. The zero-order valence-electron chi connectivity index (χ0n) is 10.8. The molecule has 0 aromatic rings. The van der Waals surface area contributed by atoms with E-state index in [9.17, 15) is 9.59 Å². The highest BCUT2D eigenvalue weighted by Crippen LogP contribution is 1.92. The van der Waals surface area contributed by atoms with E-state index in [0.717, 1.165) is 0 Å². The number of esters is 2. The summed E-state index contributed by atoms with van der Waals surface area (Å²) in [6.45, 7) is 7.02. The average Bonchev–Trinajstić information content (AvgIpc) is 2.35. The van der Waals surface area contributed by atoms with Crippen molar-refractivity contribution in [1.82, 2.24) is 0 Å².